The minimum atomic E-state index is -0.00981. The van der Waals surface area contributed by atoms with Crippen molar-refractivity contribution in [1.29, 1.82) is 0 Å². The second-order valence-corrected chi connectivity index (χ2v) is 5.12. The van der Waals surface area contributed by atoms with Gasteiger partial charge in [0.15, 0.2) is 11.5 Å². The molecule has 0 N–H and O–H groups in total. The third kappa shape index (κ3) is 2.01. The van der Waals surface area contributed by atoms with E-state index >= 15 is 0 Å². The maximum Gasteiger partial charge on any atom is 0.164 e. The van der Waals surface area contributed by atoms with Gasteiger partial charge < -0.3 is 9.47 Å². The predicted molar refractivity (Wildman–Crippen MR) is 76.8 cm³/mol. The van der Waals surface area contributed by atoms with Gasteiger partial charge in [0.2, 0.25) is 0 Å². The number of carbonyl (C=O) groups excluding carboxylic acids is 1. The Morgan fingerprint density at radius 3 is 2.55 bits per heavy atom. The fraction of sp³-hybridized carbons (Fsp3) is 0.375. The molecule has 1 aromatic heterocycles. The maximum absolute atomic E-state index is 12.1. The van der Waals surface area contributed by atoms with Gasteiger partial charge in [-0.2, -0.15) is 0 Å². The molecule has 104 valence electrons. The number of fused-ring (bicyclic) bond motifs is 1. The summed E-state index contributed by atoms with van der Waals surface area (Å²) in [6.45, 7) is 1.56. The highest BCUT2D eigenvalue weighted by molar-refractivity contribution is 6.09. The Balaban J connectivity index is 2.36. The number of aromatic nitrogens is 1. The summed E-state index contributed by atoms with van der Waals surface area (Å²) in [5.74, 6) is 1.75. The van der Waals surface area contributed by atoms with Crippen LogP contribution in [0.5, 0.6) is 11.5 Å². The largest absolute Gasteiger partial charge is 0.497 e. The molecule has 4 nitrogen and oxygen atoms in total. The lowest BCUT2D eigenvalue weighted by atomic mass is 10.0. The summed E-state index contributed by atoms with van der Waals surface area (Å²) >= 11 is 0. The molecule has 20 heavy (non-hydrogen) atoms. The first kappa shape index (κ1) is 12.9. The van der Waals surface area contributed by atoms with E-state index in [4.69, 9.17) is 14.5 Å². The SMILES string of the molecule is COc1ccc2nc(C3CC3)c(OC)c(C(C)=O)c2c1. The van der Waals surface area contributed by atoms with Crippen LogP contribution in [0, 0.1) is 0 Å². The molecule has 3 rings (SSSR count). The Kier molecular flexibility index (Phi) is 3.08. The normalized spacial score (nSPS) is 14.3. The van der Waals surface area contributed by atoms with Gasteiger partial charge in [0.25, 0.3) is 0 Å². The van der Waals surface area contributed by atoms with Crippen LogP contribution in [0.25, 0.3) is 10.9 Å². The Hall–Kier alpha value is -2.10. The van der Waals surface area contributed by atoms with Crippen molar-refractivity contribution >= 4 is 16.7 Å². The van der Waals surface area contributed by atoms with Crippen molar-refractivity contribution in [3.05, 3.63) is 29.5 Å². The monoisotopic (exact) mass is 271 g/mol. The molecule has 1 saturated carbocycles. The van der Waals surface area contributed by atoms with Gasteiger partial charge in [0, 0.05) is 11.3 Å². The quantitative estimate of drug-likeness (QED) is 0.800. The molecule has 0 bridgehead atoms. The Labute approximate surface area is 117 Å². The zero-order valence-electron chi connectivity index (χ0n) is 11.9. The van der Waals surface area contributed by atoms with Gasteiger partial charge in [0.05, 0.1) is 31.0 Å². The number of rotatable bonds is 4. The number of benzene rings is 1. The van der Waals surface area contributed by atoms with Crippen LogP contribution < -0.4 is 9.47 Å². The second-order valence-electron chi connectivity index (χ2n) is 5.12. The fourth-order valence-corrected chi connectivity index (χ4v) is 2.56. The lowest BCUT2D eigenvalue weighted by Gasteiger charge is -2.14. The fourth-order valence-electron chi connectivity index (χ4n) is 2.56. The summed E-state index contributed by atoms with van der Waals surface area (Å²) < 4.78 is 10.7. The standard InChI is InChI=1S/C16H17NO3/c1-9(18)14-12-8-11(19-2)6-7-13(12)17-15(10-4-5-10)16(14)20-3/h6-8,10H,4-5H2,1-3H3. The van der Waals surface area contributed by atoms with Crippen LogP contribution in [0.3, 0.4) is 0 Å². The Bertz CT molecular complexity index is 690. The van der Waals surface area contributed by atoms with E-state index in [1.165, 1.54) is 0 Å². The second kappa shape index (κ2) is 4.78. The van der Waals surface area contributed by atoms with E-state index in [2.05, 4.69) is 0 Å². The molecule has 0 atom stereocenters. The number of nitrogens with zero attached hydrogens (tertiary/aromatic N) is 1. The molecule has 0 spiro atoms. The highest BCUT2D eigenvalue weighted by Crippen LogP contribution is 2.46. The molecule has 1 heterocycles. The summed E-state index contributed by atoms with van der Waals surface area (Å²) in [6.07, 6.45) is 2.23. The summed E-state index contributed by atoms with van der Waals surface area (Å²) in [5.41, 5.74) is 2.34. The van der Waals surface area contributed by atoms with Crippen molar-refractivity contribution in [2.45, 2.75) is 25.7 Å². The first-order valence-electron chi connectivity index (χ1n) is 6.72. The molecular weight excluding hydrogens is 254 g/mol. The molecule has 1 aromatic carbocycles. The van der Waals surface area contributed by atoms with Crippen LogP contribution in [0.15, 0.2) is 18.2 Å². The minimum Gasteiger partial charge on any atom is -0.497 e. The van der Waals surface area contributed by atoms with Gasteiger partial charge >= 0.3 is 0 Å². The highest BCUT2D eigenvalue weighted by atomic mass is 16.5. The number of methoxy groups -OCH3 is 2. The minimum absolute atomic E-state index is 0.00981. The molecular formula is C16H17NO3. The first-order chi connectivity index (χ1) is 9.65. The molecule has 0 unspecified atom stereocenters. The Morgan fingerprint density at radius 2 is 2.00 bits per heavy atom. The lowest BCUT2D eigenvalue weighted by molar-refractivity contribution is 0.101. The van der Waals surface area contributed by atoms with Crippen LogP contribution in [-0.4, -0.2) is 25.0 Å². The third-order valence-electron chi connectivity index (χ3n) is 3.69. The molecule has 1 aliphatic rings. The number of hydrogen-bond donors (Lipinski definition) is 0. The average molecular weight is 271 g/mol. The Morgan fingerprint density at radius 1 is 1.25 bits per heavy atom. The predicted octanol–water partition coefficient (Wildman–Crippen LogP) is 3.33. The van der Waals surface area contributed by atoms with Gasteiger partial charge in [-0.25, -0.2) is 4.98 Å². The molecule has 0 aliphatic heterocycles. The lowest BCUT2D eigenvalue weighted by Crippen LogP contribution is -2.05. The average Bonchev–Trinajstić information content (AvgIpc) is 3.28. The third-order valence-corrected chi connectivity index (χ3v) is 3.69. The number of ketones is 1. The van der Waals surface area contributed by atoms with Gasteiger partial charge in [-0.1, -0.05) is 0 Å². The van der Waals surface area contributed by atoms with Crippen LogP contribution in [0.4, 0.5) is 0 Å². The van der Waals surface area contributed by atoms with Crippen molar-refractivity contribution in [2.24, 2.45) is 0 Å². The van der Waals surface area contributed by atoms with Crippen LogP contribution in [0.2, 0.25) is 0 Å². The van der Waals surface area contributed by atoms with Crippen molar-refractivity contribution in [2.75, 3.05) is 14.2 Å². The molecule has 1 aliphatic carbocycles. The maximum atomic E-state index is 12.1. The van der Waals surface area contributed by atoms with Crippen LogP contribution in [-0.2, 0) is 0 Å². The zero-order valence-corrected chi connectivity index (χ0v) is 11.9. The number of Topliss-reactive ketones (excluding diaryl/α,β-unsaturated/α-hetero) is 1. The summed E-state index contributed by atoms with van der Waals surface area (Å²) in [7, 11) is 3.21. The van der Waals surface area contributed by atoms with E-state index in [-0.39, 0.29) is 5.78 Å². The molecule has 2 aromatic rings. The van der Waals surface area contributed by atoms with E-state index in [0.29, 0.717) is 23.0 Å². The number of carbonyl (C=O) groups is 1. The van der Waals surface area contributed by atoms with Crippen molar-refractivity contribution < 1.29 is 14.3 Å². The summed E-state index contributed by atoms with van der Waals surface area (Å²) in [5, 5.41) is 0.790. The smallest absolute Gasteiger partial charge is 0.164 e. The topological polar surface area (TPSA) is 48.4 Å². The van der Waals surface area contributed by atoms with E-state index < -0.39 is 0 Å². The zero-order chi connectivity index (χ0) is 14.3. The molecule has 0 saturated heterocycles. The van der Waals surface area contributed by atoms with E-state index in [1.54, 1.807) is 21.1 Å². The molecule has 0 amide bonds. The van der Waals surface area contributed by atoms with Gasteiger partial charge in [0.1, 0.15) is 5.75 Å². The van der Waals surface area contributed by atoms with Gasteiger partial charge in [-0.15, -0.1) is 0 Å². The van der Waals surface area contributed by atoms with Crippen LogP contribution in [0.1, 0.15) is 41.7 Å². The van der Waals surface area contributed by atoms with Gasteiger partial charge in [-0.05, 0) is 38.0 Å². The molecule has 1 fully saturated rings. The van der Waals surface area contributed by atoms with Gasteiger partial charge in [-0.3, -0.25) is 4.79 Å². The van der Waals surface area contributed by atoms with Crippen LogP contribution >= 0.6 is 0 Å². The molecule has 4 heteroatoms. The van der Waals surface area contributed by atoms with Crippen molar-refractivity contribution in [1.82, 2.24) is 4.98 Å². The summed E-state index contributed by atoms with van der Waals surface area (Å²) in [4.78, 5) is 16.8. The van der Waals surface area contributed by atoms with E-state index in [0.717, 1.165) is 29.4 Å². The van der Waals surface area contributed by atoms with Crippen molar-refractivity contribution in [3.8, 4) is 11.5 Å². The van der Waals surface area contributed by atoms with Crippen molar-refractivity contribution in [3.63, 3.8) is 0 Å². The van der Waals surface area contributed by atoms with E-state index in [1.807, 2.05) is 18.2 Å². The first-order valence-corrected chi connectivity index (χ1v) is 6.72. The summed E-state index contributed by atoms with van der Waals surface area (Å²) in [6, 6.07) is 5.60. The number of hydrogen-bond acceptors (Lipinski definition) is 4. The number of pyridine rings is 1. The number of ether oxygens (including phenoxy) is 2. The van der Waals surface area contributed by atoms with E-state index in [9.17, 15) is 4.79 Å². The molecule has 0 radical (unpaired) electrons. The highest BCUT2D eigenvalue weighted by Gasteiger charge is 2.31.